The van der Waals surface area contributed by atoms with Gasteiger partial charge in [-0.25, -0.2) is 8.42 Å². The van der Waals surface area contributed by atoms with Crippen molar-refractivity contribution >= 4 is 16.0 Å². The van der Waals surface area contributed by atoms with Gasteiger partial charge in [0.2, 0.25) is 10.0 Å². The minimum Gasteiger partial charge on any atom is -0.466 e. The molecule has 1 atom stereocenters. The van der Waals surface area contributed by atoms with Crippen LogP contribution in [0.1, 0.15) is 36.5 Å². The van der Waals surface area contributed by atoms with Crippen LogP contribution in [0, 0.1) is 26.7 Å². The van der Waals surface area contributed by atoms with Crippen LogP contribution in [0.2, 0.25) is 0 Å². The lowest BCUT2D eigenvalue weighted by Crippen LogP contribution is -2.43. The number of aryl methyl sites for hydroxylation is 3. The first-order chi connectivity index (χ1) is 10.8. The molecule has 0 amide bonds. The molecule has 1 aliphatic heterocycles. The summed E-state index contributed by atoms with van der Waals surface area (Å²) in [4.78, 5) is 12.3. The van der Waals surface area contributed by atoms with E-state index in [0.29, 0.717) is 30.9 Å². The molecular weight excluding hydrogens is 314 g/mol. The predicted octanol–water partition coefficient (Wildman–Crippen LogP) is 2.58. The third-order valence-corrected chi connectivity index (χ3v) is 6.38. The quantitative estimate of drug-likeness (QED) is 0.791. The van der Waals surface area contributed by atoms with Crippen molar-refractivity contribution in [2.45, 2.75) is 45.4 Å². The fourth-order valence-electron chi connectivity index (χ4n) is 3.32. The third-order valence-electron chi connectivity index (χ3n) is 4.21. The van der Waals surface area contributed by atoms with Crippen molar-refractivity contribution in [1.29, 1.82) is 0 Å². The lowest BCUT2D eigenvalue weighted by molar-refractivity contribution is -0.149. The number of nitrogens with zero attached hydrogens (tertiary/aromatic N) is 1. The van der Waals surface area contributed by atoms with Crippen molar-refractivity contribution in [2.75, 3.05) is 19.7 Å². The van der Waals surface area contributed by atoms with E-state index in [9.17, 15) is 13.2 Å². The average Bonchev–Trinajstić information content (AvgIpc) is 2.46. The van der Waals surface area contributed by atoms with Crippen molar-refractivity contribution in [3.05, 3.63) is 28.8 Å². The van der Waals surface area contributed by atoms with Crippen molar-refractivity contribution in [1.82, 2.24) is 4.31 Å². The molecule has 2 rings (SSSR count). The lowest BCUT2D eigenvalue weighted by atomic mass is 10.0. The molecule has 1 aromatic rings. The minimum atomic E-state index is -3.60. The van der Waals surface area contributed by atoms with E-state index in [-0.39, 0.29) is 18.4 Å². The summed E-state index contributed by atoms with van der Waals surface area (Å²) >= 11 is 0. The smallest absolute Gasteiger partial charge is 0.310 e. The molecule has 1 fully saturated rings. The van der Waals surface area contributed by atoms with Gasteiger partial charge in [0.25, 0.3) is 0 Å². The van der Waals surface area contributed by atoms with E-state index < -0.39 is 10.0 Å². The zero-order valence-corrected chi connectivity index (χ0v) is 15.1. The van der Waals surface area contributed by atoms with Crippen molar-refractivity contribution in [3.8, 4) is 0 Å². The normalized spacial score (nSPS) is 19.6. The first-order valence-corrected chi connectivity index (χ1v) is 9.46. The Labute approximate surface area is 138 Å². The van der Waals surface area contributed by atoms with Gasteiger partial charge in [0.1, 0.15) is 0 Å². The molecule has 128 valence electrons. The Hall–Kier alpha value is -1.40. The Morgan fingerprint density at radius 2 is 1.87 bits per heavy atom. The van der Waals surface area contributed by atoms with Crippen molar-refractivity contribution in [3.63, 3.8) is 0 Å². The first kappa shape index (κ1) is 17.9. The highest BCUT2D eigenvalue weighted by atomic mass is 32.2. The van der Waals surface area contributed by atoms with Crippen LogP contribution in [0.3, 0.4) is 0 Å². The topological polar surface area (TPSA) is 63.7 Å². The maximum absolute atomic E-state index is 13.0. The van der Waals surface area contributed by atoms with Crippen LogP contribution in [-0.2, 0) is 19.6 Å². The highest BCUT2D eigenvalue weighted by Crippen LogP contribution is 2.29. The van der Waals surface area contributed by atoms with Crippen molar-refractivity contribution < 1.29 is 17.9 Å². The van der Waals surface area contributed by atoms with Crippen LogP contribution in [0.5, 0.6) is 0 Å². The summed E-state index contributed by atoms with van der Waals surface area (Å²) in [6.45, 7) is 8.32. The van der Waals surface area contributed by atoms with Crippen LogP contribution in [0.4, 0.5) is 0 Å². The van der Waals surface area contributed by atoms with Gasteiger partial charge in [-0.3, -0.25) is 4.79 Å². The first-order valence-electron chi connectivity index (χ1n) is 8.02. The van der Waals surface area contributed by atoms with Gasteiger partial charge >= 0.3 is 5.97 Å². The summed E-state index contributed by atoms with van der Waals surface area (Å²) in [6, 6.07) is 3.76. The van der Waals surface area contributed by atoms with Crippen molar-refractivity contribution in [2.24, 2.45) is 5.92 Å². The number of esters is 1. The van der Waals surface area contributed by atoms with Gasteiger partial charge in [0, 0.05) is 13.1 Å². The summed E-state index contributed by atoms with van der Waals surface area (Å²) in [7, 11) is -3.60. The van der Waals surface area contributed by atoms with Crippen LogP contribution in [-0.4, -0.2) is 38.4 Å². The number of piperidine rings is 1. The minimum absolute atomic E-state index is 0.202. The molecular formula is C17H25NO4S. The number of hydrogen-bond acceptors (Lipinski definition) is 4. The van der Waals surface area contributed by atoms with Gasteiger partial charge in [-0.15, -0.1) is 0 Å². The van der Waals surface area contributed by atoms with Crippen LogP contribution < -0.4 is 0 Å². The van der Waals surface area contributed by atoms with E-state index in [1.165, 1.54) is 4.31 Å². The number of hydrogen-bond donors (Lipinski definition) is 0. The number of carbonyl (C=O) groups excluding carboxylic acids is 1. The Morgan fingerprint density at radius 1 is 1.26 bits per heavy atom. The maximum atomic E-state index is 13.0. The second kappa shape index (κ2) is 7.01. The number of benzene rings is 1. The highest BCUT2D eigenvalue weighted by Gasteiger charge is 2.35. The Balaban J connectivity index is 2.31. The van der Waals surface area contributed by atoms with E-state index in [1.807, 2.05) is 32.9 Å². The molecule has 5 nitrogen and oxygen atoms in total. The number of carbonyl (C=O) groups is 1. The van der Waals surface area contributed by atoms with E-state index in [4.69, 9.17) is 4.74 Å². The number of rotatable bonds is 4. The lowest BCUT2D eigenvalue weighted by Gasteiger charge is -2.31. The standard InChI is InChI=1S/C17H25NO4S/c1-5-22-17(19)15-7-6-8-18(11-15)23(20,21)16-13(3)9-12(2)10-14(16)4/h9-10,15H,5-8,11H2,1-4H3/t15-/m1/s1. The Bertz CT molecular complexity index is 674. The molecule has 1 saturated heterocycles. The molecule has 0 aromatic heterocycles. The molecule has 0 spiro atoms. The van der Waals surface area contributed by atoms with E-state index in [2.05, 4.69) is 0 Å². The van der Waals surface area contributed by atoms with E-state index in [0.717, 1.165) is 16.7 Å². The summed E-state index contributed by atoms with van der Waals surface area (Å²) in [5, 5.41) is 0. The van der Waals surface area contributed by atoms with Crippen LogP contribution >= 0.6 is 0 Å². The zero-order chi connectivity index (χ0) is 17.2. The van der Waals surface area contributed by atoms with Gasteiger partial charge in [0.15, 0.2) is 0 Å². The summed E-state index contributed by atoms with van der Waals surface area (Å²) in [6.07, 6.45) is 1.35. The zero-order valence-electron chi connectivity index (χ0n) is 14.3. The van der Waals surface area contributed by atoms with Gasteiger partial charge < -0.3 is 4.74 Å². The predicted molar refractivity (Wildman–Crippen MR) is 88.8 cm³/mol. The summed E-state index contributed by atoms with van der Waals surface area (Å²) in [5.74, 6) is -0.672. The average molecular weight is 339 g/mol. The number of sulfonamides is 1. The molecule has 1 heterocycles. The molecule has 23 heavy (non-hydrogen) atoms. The highest BCUT2D eigenvalue weighted by molar-refractivity contribution is 7.89. The molecule has 0 saturated carbocycles. The third kappa shape index (κ3) is 3.75. The van der Waals surface area contributed by atoms with E-state index in [1.54, 1.807) is 6.92 Å². The van der Waals surface area contributed by atoms with Crippen LogP contribution in [0.25, 0.3) is 0 Å². The van der Waals surface area contributed by atoms with Gasteiger partial charge in [-0.1, -0.05) is 17.7 Å². The fourth-order valence-corrected chi connectivity index (χ4v) is 5.25. The molecule has 1 aromatic carbocycles. The molecule has 6 heteroatoms. The van der Waals surface area contributed by atoms with Gasteiger partial charge in [-0.05, 0) is 51.7 Å². The maximum Gasteiger partial charge on any atom is 0.310 e. The van der Waals surface area contributed by atoms with E-state index >= 15 is 0 Å². The molecule has 0 N–H and O–H groups in total. The summed E-state index contributed by atoms with van der Waals surface area (Å²) < 4.78 is 32.6. The SMILES string of the molecule is CCOC(=O)[C@@H]1CCCN(S(=O)(=O)c2c(C)cc(C)cc2C)C1. The van der Waals surface area contributed by atoms with Gasteiger partial charge in [0.05, 0.1) is 17.4 Å². The number of ether oxygens (including phenoxy) is 1. The Kier molecular flexibility index (Phi) is 5.47. The molecule has 0 radical (unpaired) electrons. The van der Waals surface area contributed by atoms with Crippen LogP contribution in [0.15, 0.2) is 17.0 Å². The largest absolute Gasteiger partial charge is 0.466 e. The molecule has 1 aliphatic rings. The molecule has 0 unspecified atom stereocenters. The molecule has 0 aliphatic carbocycles. The second-order valence-electron chi connectivity index (χ2n) is 6.18. The van der Waals surface area contributed by atoms with Gasteiger partial charge in [-0.2, -0.15) is 4.31 Å². The monoisotopic (exact) mass is 339 g/mol. The second-order valence-corrected chi connectivity index (χ2v) is 8.06. The fraction of sp³-hybridized carbons (Fsp3) is 0.588. The summed E-state index contributed by atoms with van der Waals surface area (Å²) in [5.41, 5.74) is 2.54. The Morgan fingerprint density at radius 3 is 2.43 bits per heavy atom. The molecule has 0 bridgehead atoms.